The van der Waals surface area contributed by atoms with Gasteiger partial charge in [0.2, 0.25) is 5.88 Å². The third-order valence-electron chi connectivity index (χ3n) is 2.77. The van der Waals surface area contributed by atoms with Gasteiger partial charge in [0, 0.05) is 11.6 Å². The smallest absolute Gasteiger partial charge is 0.216 e. The number of aliphatic hydroxyl groups is 2. The Morgan fingerprint density at radius 3 is 2.80 bits per heavy atom. The largest absolute Gasteiger partial charge is 0.481 e. The van der Waals surface area contributed by atoms with Crippen molar-refractivity contribution in [2.75, 3.05) is 12.8 Å². The zero-order valence-corrected chi connectivity index (χ0v) is 10.7. The van der Waals surface area contributed by atoms with Crippen LogP contribution in [-0.4, -0.2) is 27.3 Å². The number of para-hydroxylation sites is 1. The number of halogens is 1. The van der Waals surface area contributed by atoms with Gasteiger partial charge in [-0.1, -0.05) is 12.1 Å². The molecule has 1 heterocycles. The summed E-state index contributed by atoms with van der Waals surface area (Å²) in [5.41, 5.74) is 5.85. The zero-order chi connectivity index (χ0) is 14.7. The first kappa shape index (κ1) is 14.2. The molecule has 106 valence electrons. The van der Waals surface area contributed by atoms with E-state index >= 15 is 0 Å². The number of ether oxygens (including phenoxy) is 1. The minimum atomic E-state index is -1.31. The second-order valence-corrected chi connectivity index (χ2v) is 4.06. The van der Waals surface area contributed by atoms with Crippen molar-refractivity contribution in [2.45, 2.75) is 12.7 Å². The molecule has 1 aromatic carbocycles. The highest BCUT2D eigenvalue weighted by molar-refractivity contribution is 5.50. The Hall–Kier alpha value is -2.25. The fraction of sp³-hybridized carbons (Fsp3) is 0.231. The van der Waals surface area contributed by atoms with E-state index in [9.17, 15) is 9.50 Å². The topological polar surface area (TPSA) is 101 Å². The molecule has 0 bridgehead atoms. The van der Waals surface area contributed by atoms with E-state index in [1.807, 2.05) is 0 Å². The van der Waals surface area contributed by atoms with Crippen molar-refractivity contribution in [3.05, 3.63) is 47.2 Å². The van der Waals surface area contributed by atoms with Gasteiger partial charge < -0.3 is 20.7 Å². The van der Waals surface area contributed by atoms with Crippen LogP contribution >= 0.6 is 0 Å². The summed E-state index contributed by atoms with van der Waals surface area (Å²) >= 11 is 0. The Bertz CT molecular complexity index is 600. The van der Waals surface area contributed by atoms with Gasteiger partial charge in [0.15, 0.2) is 5.82 Å². The maximum absolute atomic E-state index is 13.4. The van der Waals surface area contributed by atoms with Crippen LogP contribution in [0.25, 0.3) is 0 Å². The molecule has 0 saturated carbocycles. The van der Waals surface area contributed by atoms with Crippen molar-refractivity contribution in [1.82, 2.24) is 9.97 Å². The molecule has 0 aliphatic rings. The minimum Gasteiger partial charge on any atom is -0.481 e. The molecule has 0 aliphatic heterocycles. The number of aliphatic hydroxyl groups excluding tert-OH is 2. The van der Waals surface area contributed by atoms with Crippen molar-refractivity contribution in [3.8, 4) is 5.88 Å². The summed E-state index contributed by atoms with van der Waals surface area (Å²) in [6, 6.07) is 5.53. The molecule has 1 unspecified atom stereocenters. The Morgan fingerprint density at radius 1 is 1.40 bits per heavy atom. The van der Waals surface area contributed by atoms with Gasteiger partial charge in [-0.25, -0.2) is 9.37 Å². The molecule has 1 atom stereocenters. The van der Waals surface area contributed by atoms with Gasteiger partial charge in [-0.15, -0.1) is 0 Å². The SMILES string of the molecule is COc1cc(CO)nc(C(O)c2cccc(F)c2N)n1. The van der Waals surface area contributed by atoms with Gasteiger partial charge in [0.05, 0.1) is 25.1 Å². The van der Waals surface area contributed by atoms with Crippen molar-refractivity contribution < 1.29 is 19.3 Å². The molecule has 0 saturated heterocycles. The first-order valence-corrected chi connectivity index (χ1v) is 5.81. The molecule has 20 heavy (non-hydrogen) atoms. The van der Waals surface area contributed by atoms with E-state index in [4.69, 9.17) is 15.6 Å². The van der Waals surface area contributed by atoms with Crippen LogP contribution in [0.1, 0.15) is 23.2 Å². The molecule has 0 spiro atoms. The van der Waals surface area contributed by atoms with Gasteiger partial charge in [-0.3, -0.25) is 0 Å². The number of hydrogen-bond acceptors (Lipinski definition) is 6. The van der Waals surface area contributed by atoms with Crippen LogP contribution in [0, 0.1) is 5.82 Å². The number of nitrogens with two attached hydrogens (primary N) is 1. The van der Waals surface area contributed by atoms with Crippen molar-refractivity contribution in [3.63, 3.8) is 0 Å². The molecule has 0 fully saturated rings. The summed E-state index contributed by atoms with van der Waals surface area (Å²) < 4.78 is 18.4. The molecular weight excluding hydrogens is 265 g/mol. The van der Waals surface area contributed by atoms with E-state index in [0.29, 0.717) is 0 Å². The summed E-state index contributed by atoms with van der Waals surface area (Å²) in [5, 5.41) is 19.3. The number of anilines is 1. The average Bonchev–Trinajstić information content (AvgIpc) is 2.48. The lowest BCUT2D eigenvalue weighted by Gasteiger charge is -2.14. The third-order valence-corrected chi connectivity index (χ3v) is 2.77. The lowest BCUT2D eigenvalue weighted by molar-refractivity contribution is 0.206. The minimum absolute atomic E-state index is 0.0225. The Morgan fingerprint density at radius 2 is 2.15 bits per heavy atom. The van der Waals surface area contributed by atoms with E-state index in [-0.39, 0.29) is 35.3 Å². The number of hydrogen-bond donors (Lipinski definition) is 3. The second kappa shape index (κ2) is 5.81. The molecule has 6 nitrogen and oxygen atoms in total. The highest BCUT2D eigenvalue weighted by atomic mass is 19.1. The fourth-order valence-corrected chi connectivity index (χ4v) is 1.73. The number of benzene rings is 1. The first-order valence-electron chi connectivity index (χ1n) is 5.81. The Labute approximate surface area is 114 Å². The van der Waals surface area contributed by atoms with Crippen molar-refractivity contribution in [2.24, 2.45) is 0 Å². The maximum atomic E-state index is 13.4. The molecule has 0 radical (unpaired) electrons. The van der Waals surface area contributed by atoms with E-state index in [1.165, 1.54) is 31.4 Å². The number of nitrogens with zero attached hydrogens (tertiary/aromatic N) is 2. The number of aromatic nitrogens is 2. The third kappa shape index (κ3) is 2.68. The summed E-state index contributed by atoms with van der Waals surface area (Å²) in [6.07, 6.45) is -1.31. The van der Waals surface area contributed by atoms with Crippen LogP contribution in [0.5, 0.6) is 5.88 Å². The standard InChI is InChI=1S/C13H14FN3O3/c1-20-10-5-7(6-18)16-13(17-10)12(19)8-3-2-4-9(14)11(8)15/h2-5,12,18-19H,6,15H2,1H3. The lowest BCUT2D eigenvalue weighted by atomic mass is 10.1. The van der Waals surface area contributed by atoms with Gasteiger partial charge in [-0.2, -0.15) is 4.98 Å². The fourth-order valence-electron chi connectivity index (χ4n) is 1.73. The first-order chi connectivity index (χ1) is 9.56. The monoisotopic (exact) mass is 279 g/mol. The van der Waals surface area contributed by atoms with E-state index < -0.39 is 11.9 Å². The van der Waals surface area contributed by atoms with Crippen LogP contribution in [0.3, 0.4) is 0 Å². The van der Waals surface area contributed by atoms with Gasteiger partial charge in [0.25, 0.3) is 0 Å². The van der Waals surface area contributed by atoms with Gasteiger partial charge in [0.1, 0.15) is 11.9 Å². The number of rotatable bonds is 4. The van der Waals surface area contributed by atoms with Crippen LogP contribution in [0.15, 0.2) is 24.3 Å². The number of nitrogen functional groups attached to an aromatic ring is 1. The zero-order valence-electron chi connectivity index (χ0n) is 10.7. The quantitative estimate of drug-likeness (QED) is 0.715. The van der Waals surface area contributed by atoms with Crippen LogP contribution in [0.4, 0.5) is 10.1 Å². The molecule has 0 amide bonds. The summed E-state index contributed by atoms with van der Waals surface area (Å²) in [6.45, 7) is -0.336. The van der Waals surface area contributed by atoms with E-state index in [0.717, 1.165) is 0 Å². The van der Waals surface area contributed by atoms with Crippen molar-refractivity contribution >= 4 is 5.69 Å². The molecule has 2 rings (SSSR count). The predicted octanol–water partition coefficient (Wildman–Crippen LogP) is 0.780. The molecule has 0 aliphatic carbocycles. The highest BCUT2D eigenvalue weighted by Crippen LogP contribution is 2.27. The second-order valence-electron chi connectivity index (χ2n) is 4.06. The van der Waals surface area contributed by atoms with E-state index in [1.54, 1.807) is 0 Å². The van der Waals surface area contributed by atoms with Crippen molar-refractivity contribution in [1.29, 1.82) is 0 Å². The molecule has 7 heteroatoms. The Balaban J connectivity index is 2.47. The van der Waals surface area contributed by atoms with Crippen LogP contribution in [-0.2, 0) is 6.61 Å². The Kier molecular flexibility index (Phi) is 4.11. The average molecular weight is 279 g/mol. The lowest BCUT2D eigenvalue weighted by Crippen LogP contribution is -2.11. The van der Waals surface area contributed by atoms with E-state index in [2.05, 4.69) is 9.97 Å². The summed E-state index contributed by atoms with van der Waals surface area (Å²) in [4.78, 5) is 7.95. The highest BCUT2D eigenvalue weighted by Gasteiger charge is 2.19. The van der Waals surface area contributed by atoms with Crippen LogP contribution in [0.2, 0.25) is 0 Å². The maximum Gasteiger partial charge on any atom is 0.216 e. The van der Waals surface area contributed by atoms with Crippen LogP contribution < -0.4 is 10.5 Å². The van der Waals surface area contributed by atoms with Gasteiger partial charge >= 0.3 is 0 Å². The molecule has 2 aromatic rings. The molecule has 1 aromatic heterocycles. The summed E-state index contributed by atoms with van der Waals surface area (Å²) in [5.74, 6) is -0.467. The molecule has 4 N–H and O–H groups in total. The summed E-state index contributed by atoms with van der Waals surface area (Å²) in [7, 11) is 1.40. The normalized spacial score (nSPS) is 12.2. The molecular formula is C13H14FN3O3. The predicted molar refractivity (Wildman–Crippen MR) is 69.4 cm³/mol. The number of methoxy groups -OCH3 is 1. The van der Waals surface area contributed by atoms with Gasteiger partial charge in [-0.05, 0) is 6.07 Å².